The minimum Gasteiger partial charge on any atom is -0.376 e. The molecule has 1 aromatic rings. The number of halogens is 1. The Labute approximate surface area is 112 Å². The molecule has 1 saturated heterocycles. The molecule has 0 amide bonds. The lowest BCUT2D eigenvalue weighted by Gasteiger charge is -2.35. The molecule has 0 aromatic carbocycles. The zero-order valence-electron chi connectivity index (χ0n) is 10.4. The molecule has 1 fully saturated rings. The van der Waals surface area contributed by atoms with Crippen LogP contribution in [0.5, 0.6) is 0 Å². The van der Waals surface area contributed by atoms with Crippen LogP contribution in [0.1, 0.15) is 37.0 Å². The van der Waals surface area contributed by atoms with Crippen LogP contribution in [-0.4, -0.2) is 35.7 Å². The summed E-state index contributed by atoms with van der Waals surface area (Å²) in [5.74, 6) is 0.506. The smallest absolute Gasteiger partial charge is 0.110 e. The first-order valence-electron chi connectivity index (χ1n) is 6.10. The van der Waals surface area contributed by atoms with Gasteiger partial charge < -0.3 is 4.74 Å². The van der Waals surface area contributed by atoms with Gasteiger partial charge in [-0.25, -0.2) is 4.98 Å². The second-order valence-electron chi connectivity index (χ2n) is 4.41. The number of aromatic nitrogens is 1. The molecule has 5 heteroatoms. The van der Waals surface area contributed by atoms with Crippen molar-refractivity contribution in [3.63, 3.8) is 0 Å². The van der Waals surface area contributed by atoms with Crippen LogP contribution < -0.4 is 0 Å². The average molecular weight is 275 g/mol. The summed E-state index contributed by atoms with van der Waals surface area (Å²) in [6, 6.07) is 0.420. The SMILES string of the molecule is CCC(c1nc(CCl)cs1)N1CCOC(C)C1. The number of alkyl halides is 1. The maximum absolute atomic E-state index is 5.81. The summed E-state index contributed by atoms with van der Waals surface area (Å²) in [4.78, 5) is 7.08. The van der Waals surface area contributed by atoms with Crippen LogP contribution in [0.2, 0.25) is 0 Å². The van der Waals surface area contributed by atoms with E-state index in [0.717, 1.165) is 31.8 Å². The van der Waals surface area contributed by atoms with E-state index in [2.05, 4.69) is 29.1 Å². The van der Waals surface area contributed by atoms with Crippen molar-refractivity contribution in [1.29, 1.82) is 0 Å². The highest BCUT2D eigenvalue weighted by Gasteiger charge is 2.26. The van der Waals surface area contributed by atoms with Crippen molar-refractivity contribution in [1.82, 2.24) is 9.88 Å². The zero-order valence-corrected chi connectivity index (χ0v) is 11.9. The lowest BCUT2D eigenvalue weighted by molar-refractivity contribution is -0.0352. The molecular formula is C12H19ClN2OS. The summed E-state index contributed by atoms with van der Waals surface area (Å²) < 4.78 is 5.59. The Balaban J connectivity index is 2.09. The molecule has 2 atom stereocenters. The van der Waals surface area contributed by atoms with Crippen LogP contribution in [0.25, 0.3) is 0 Å². The van der Waals surface area contributed by atoms with Crippen molar-refractivity contribution in [3.05, 3.63) is 16.1 Å². The largest absolute Gasteiger partial charge is 0.376 e. The normalized spacial score (nSPS) is 23.8. The molecule has 2 unspecified atom stereocenters. The Morgan fingerprint density at radius 2 is 2.53 bits per heavy atom. The minimum atomic E-state index is 0.324. The van der Waals surface area contributed by atoms with Crippen LogP contribution >= 0.6 is 22.9 Å². The summed E-state index contributed by atoms with van der Waals surface area (Å²) in [6.07, 6.45) is 1.41. The van der Waals surface area contributed by atoms with Crippen LogP contribution in [0, 0.1) is 0 Å². The summed E-state index contributed by atoms with van der Waals surface area (Å²) in [6.45, 7) is 7.16. The standard InChI is InChI=1S/C12H19ClN2OS/c1-3-11(12-14-10(6-13)8-17-12)15-4-5-16-9(2)7-15/h8-9,11H,3-7H2,1-2H3. The van der Waals surface area contributed by atoms with Gasteiger partial charge in [0.25, 0.3) is 0 Å². The first kappa shape index (κ1) is 13.3. The predicted octanol–water partition coefficient (Wildman–Crippen LogP) is 3.05. The number of thiazole rings is 1. The van der Waals surface area contributed by atoms with Gasteiger partial charge in [-0.05, 0) is 13.3 Å². The van der Waals surface area contributed by atoms with E-state index in [1.807, 2.05) is 0 Å². The topological polar surface area (TPSA) is 25.4 Å². The maximum atomic E-state index is 5.81. The second-order valence-corrected chi connectivity index (χ2v) is 5.57. The van der Waals surface area contributed by atoms with Crippen molar-refractivity contribution >= 4 is 22.9 Å². The van der Waals surface area contributed by atoms with E-state index in [0.29, 0.717) is 18.0 Å². The van der Waals surface area contributed by atoms with Gasteiger partial charge in [0.2, 0.25) is 0 Å². The molecule has 96 valence electrons. The third-order valence-electron chi connectivity index (χ3n) is 3.09. The van der Waals surface area contributed by atoms with Gasteiger partial charge >= 0.3 is 0 Å². The molecular weight excluding hydrogens is 256 g/mol. The van der Waals surface area contributed by atoms with Gasteiger partial charge in [-0.1, -0.05) is 6.92 Å². The fraction of sp³-hybridized carbons (Fsp3) is 0.750. The summed E-state index contributed by atoms with van der Waals surface area (Å²) in [5, 5.41) is 3.26. The summed E-state index contributed by atoms with van der Waals surface area (Å²) in [7, 11) is 0. The molecule has 2 rings (SSSR count). The highest BCUT2D eigenvalue weighted by Crippen LogP contribution is 2.28. The van der Waals surface area contributed by atoms with E-state index in [4.69, 9.17) is 16.3 Å². The zero-order chi connectivity index (χ0) is 12.3. The van der Waals surface area contributed by atoms with Gasteiger partial charge in [-0.3, -0.25) is 4.90 Å². The Bertz CT molecular complexity index is 358. The Kier molecular flexibility index (Phi) is 4.79. The lowest BCUT2D eigenvalue weighted by Crippen LogP contribution is -2.42. The number of hydrogen-bond acceptors (Lipinski definition) is 4. The third-order valence-corrected chi connectivity index (χ3v) is 4.36. The van der Waals surface area contributed by atoms with Gasteiger partial charge in [-0.15, -0.1) is 22.9 Å². The molecule has 0 aliphatic carbocycles. The molecule has 1 aliphatic rings. The van der Waals surface area contributed by atoms with E-state index in [1.165, 1.54) is 5.01 Å². The average Bonchev–Trinajstić information content (AvgIpc) is 2.79. The number of rotatable bonds is 4. The fourth-order valence-corrected chi connectivity index (χ4v) is 3.52. The van der Waals surface area contributed by atoms with E-state index >= 15 is 0 Å². The molecule has 0 bridgehead atoms. The highest BCUT2D eigenvalue weighted by molar-refractivity contribution is 7.09. The minimum absolute atomic E-state index is 0.324. The van der Waals surface area contributed by atoms with E-state index < -0.39 is 0 Å². The first-order chi connectivity index (χ1) is 8.24. The number of hydrogen-bond donors (Lipinski definition) is 0. The second kappa shape index (κ2) is 6.14. The van der Waals surface area contributed by atoms with Gasteiger partial charge in [0, 0.05) is 18.5 Å². The van der Waals surface area contributed by atoms with Crippen LogP contribution in [-0.2, 0) is 10.6 Å². The Morgan fingerprint density at radius 3 is 3.12 bits per heavy atom. The van der Waals surface area contributed by atoms with Gasteiger partial charge in [0.15, 0.2) is 0 Å². The first-order valence-corrected chi connectivity index (χ1v) is 7.52. The summed E-state index contributed by atoms with van der Waals surface area (Å²) >= 11 is 7.53. The molecule has 17 heavy (non-hydrogen) atoms. The molecule has 1 aromatic heterocycles. The Morgan fingerprint density at radius 1 is 1.71 bits per heavy atom. The number of morpholine rings is 1. The molecule has 3 nitrogen and oxygen atoms in total. The summed E-state index contributed by atoms with van der Waals surface area (Å²) in [5.41, 5.74) is 0.992. The number of nitrogens with zero attached hydrogens (tertiary/aromatic N) is 2. The van der Waals surface area contributed by atoms with Crippen molar-refractivity contribution in [2.45, 2.75) is 38.3 Å². The van der Waals surface area contributed by atoms with Crippen LogP contribution in [0.4, 0.5) is 0 Å². The van der Waals surface area contributed by atoms with Gasteiger partial charge in [0.05, 0.1) is 30.3 Å². The van der Waals surface area contributed by atoms with Crippen LogP contribution in [0.3, 0.4) is 0 Å². The lowest BCUT2D eigenvalue weighted by atomic mass is 10.1. The quantitative estimate of drug-likeness (QED) is 0.789. The Hall–Kier alpha value is -0.160. The van der Waals surface area contributed by atoms with Crippen molar-refractivity contribution in [3.8, 4) is 0 Å². The highest BCUT2D eigenvalue weighted by atomic mass is 35.5. The van der Waals surface area contributed by atoms with E-state index in [-0.39, 0.29) is 0 Å². The monoisotopic (exact) mass is 274 g/mol. The van der Waals surface area contributed by atoms with Crippen molar-refractivity contribution in [2.75, 3.05) is 19.7 Å². The molecule has 2 heterocycles. The van der Waals surface area contributed by atoms with E-state index in [1.54, 1.807) is 11.3 Å². The maximum Gasteiger partial charge on any atom is 0.110 e. The molecule has 0 saturated carbocycles. The molecule has 1 aliphatic heterocycles. The van der Waals surface area contributed by atoms with Crippen molar-refractivity contribution < 1.29 is 4.74 Å². The van der Waals surface area contributed by atoms with E-state index in [9.17, 15) is 0 Å². The number of ether oxygens (including phenoxy) is 1. The molecule has 0 N–H and O–H groups in total. The molecule has 0 radical (unpaired) electrons. The van der Waals surface area contributed by atoms with Gasteiger partial charge in [-0.2, -0.15) is 0 Å². The van der Waals surface area contributed by atoms with Crippen molar-refractivity contribution in [2.24, 2.45) is 0 Å². The fourth-order valence-electron chi connectivity index (χ4n) is 2.25. The van der Waals surface area contributed by atoms with Gasteiger partial charge in [0.1, 0.15) is 5.01 Å². The van der Waals surface area contributed by atoms with Crippen LogP contribution in [0.15, 0.2) is 5.38 Å². The predicted molar refractivity (Wildman–Crippen MR) is 71.7 cm³/mol. The molecule has 0 spiro atoms. The third kappa shape index (κ3) is 3.19.